The van der Waals surface area contributed by atoms with Crippen LogP contribution in [0.3, 0.4) is 0 Å². The van der Waals surface area contributed by atoms with Gasteiger partial charge in [0.1, 0.15) is 5.75 Å². The van der Waals surface area contributed by atoms with Crippen LogP contribution in [0.5, 0.6) is 5.75 Å². The van der Waals surface area contributed by atoms with E-state index in [0.717, 1.165) is 17.7 Å². The number of nitrogens with one attached hydrogen (secondary N) is 2. The quantitative estimate of drug-likeness (QED) is 0.457. The van der Waals surface area contributed by atoms with E-state index >= 15 is 0 Å². The van der Waals surface area contributed by atoms with Gasteiger partial charge in [0.15, 0.2) is 0 Å². The Hall–Kier alpha value is -2.37. The first-order valence-corrected chi connectivity index (χ1v) is 7.37. The summed E-state index contributed by atoms with van der Waals surface area (Å²) >= 11 is 0. The number of hydrazone groups is 1. The highest BCUT2D eigenvalue weighted by Gasteiger charge is 2.11. The van der Waals surface area contributed by atoms with Crippen molar-refractivity contribution in [3.05, 3.63) is 29.8 Å². The van der Waals surface area contributed by atoms with Crippen molar-refractivity contribution in [2.75, 3.05) is 13.2 Å². The Morgan fingerprint density at radius 1 is 1.23 bits per heavy atom. The van der Waals surface area contributed by atoms with Gasteiger partial charge < -0.3 is 10.1 Å². The molecule has 1 rings (SSSR count). The van der Waals surface area contributed by atoms with Crippen molar-refractivity contribution in [3.63, 3.8) is 0 Å². The molecule has 0 fully saturated rings. The van der Waals surface area contributed by atoms with Crippen LogP contribution in [0.4, 0.5) is 0 Å². The molecule has 2 amide bonds. The van der Waals surface area contributed by atoms with Gasteiger partial charge in [0, 0.05) is 6.54 Å². The molecule has 2 N–H and O–H groups in total. The number of hydrogen-bond acceptors (Lipinski definition) is 4. The fraction of sp³-hybridized carbons (Fsp3) is 0.438. The molecule has 0 aliphatic heterocycles. The average Bonchev–Trinajstić information content (AvgIpc) is 2.51. The second kappa shape index (κ2) is 9.55. The number of benzene rings is 1. The van der Waals surface area contributed by atoms with E-state index in [2.05, 4.69) is 15.8 Å². The fourth-order valence-electron chi connectivity index (χ4n) is 1.46. The Labute approximate surface area is 130 Å². The molecule has 0 aliphatic rings. The number of rotatable bonds is 7. The van der Waals surface area contributed by atoms with Gasteiger partial charge in [-0.3, -0.25) is 9.59 Å². The SMILES string of the molecule is CCCOc1ccc(/C=N\NC(=O)C(=O)NCC(C)C)cc1. The number of nitrogens with zero attached hydrogens (tertiary/aromatic N) is 1. The second-order valence-electron chi connectivity index (χ2n) is 5.22. The van der Waals surface area contributed by atoms with Gasteiger partial charge in [0.05, 0.1) is 12.8 Å². The van der Waals surface area contributed by atoms with Crippen molar-refractivity contribution < 1.29 is 14.3 Å². The smallest absolute Gasteiger partial charge is 0.329 e. The minimum absolute atomic E-state index is 0.286. The highest BCUT2D eigenvalue weighted by molar-refractivity contribution is 6.35. The molecule has 0 atom stereocenters. The summed E-state index contributed by atoms with van der Waals surface area (Å²) in [7, 11) is 0. The normalized spacial score (nSPS) is 10.7. The minimum atomic E-state index is -0.778. The van der Waals surface area contributed by atoms with E-state index in [-0.39, 0.29) is 5.92 Å². The fourth-order valence-corrected chi connectivity index (χ4v) is 1.46. The molecule has 120 valence electrons. The Morgan fingerprint density at radius 2 is 1.91 bits per heavy atom. The number of ether oxygens (including phenoxy) is 1. The molecule has 1 aromatic rings. The van der Waals surface area contributed by atoms with Crippen LogP contribution in [0.15, 0.2) is 29.4 Å². The molecule has 6 heteroatoms. The van der Waals surface area contributed by atoms with Crippen molar-refractivity contribution in [1.82, 2.24) is 10.7 Å². The Morgan fingerprint density at radius 3 is 2.50 bits per heavy atom. The van der Waals surface area contributed by atoms with Gasteiger partial charge in [0.25, 0.3) is 0 Å². The van der Waals surface area contributed by atoms with Crippen molar-refractivity contribution >= 4 is 18.0 Å². The maximum atomic E-state index is 11.5. The van der Waals surface area contributed by atoms with Crippen molar-refractivity contribution in [2.45, 2.75) is 27.2 Å². The standard InChI is InChI=1S/C16H23N3O3/c1-4-9-22-14-7-5-13(6-8-14)11-18-19-16(21)15(20)17-10-12(2)3/h5-8,11-12H,4,9-10H2,1-3H3,(H,17,20)(H,19,21)/b18-11-. The number of amides is 2. The molecule has 1 aromatic carbocycles. The lowest BCUT2D eigenvalue weighted by Gasteiger charge is -2.06. The Bertz CT molecular complexity index is 510. The molecule has 0 aromatic heterocycles. The monoisotopic (exact) mass is 305 g/mol. The highest BCUT2D eigenvalue weighted by Crippen LogP contribution is 2.11. The van der Waals surface area contributed by atoms with Crippen molar-refractivity contribution in [1.29, 1.82) is 0 Å². The van der Waals surface area contributed by atoms with Gasteiger partial charge >= 0.3 is 11.8 Å². The first-order valence-electron chi connectivity index (χ1n) is 7.37. The van der Waals surface area contributed by atoms with Crippen LogP contribution >= 0.6 is 0 Å². The van der Waals surface area contributed by atoms with Gasteiger partial charge in [-0.2, -0.15) is 5.10 Å². The predicted octanol–water partition coefficient (Wildman–Crippen LogP) is 1.70. The molecular formula is C16H23N3O3. The van der Waals surface area contributed by atoms with Crippen LogP contribution in [-0.4, -0.2) is 31.2 Å². The molecule has 0 aliphatic carbocycles. The molecule has 0 spiro atoms. The summed E-state index contributed by atoms with van der Waals surface area (Å²) in [6.07, 6.45) is 2.42. The van der Waals surface area contributed by atoms with E-state index in [1.807, 2.05) is 45.0 Å². The summed E-state index contributed by atoms with van der Waals surface area (Å²) in [5, 5.41) is 6.27. The molecule has 6 nitrogen and oxygen atoms in total. The maximum absolute atomic E-state index is 11.5. The molecule has 0 radical (unpaired) electrons. The molecule has 0 saturated carbocycles. The van der Waals surface area contributed by atoms with Crippen LogP contribution < -0.4 is 15.5 Å². The van der Waals surface area contributed by atoms with Crippen LogP contribution in [0.25, 0.3) is 0 Å². The third kappa shape index (κ3) is 6.88. The molecule has 0 heterocycles. The second-order valence-corrected chi connectivity index (χ2v) is 5.22. The molecule has 0 bridgehead atoms. The lowest BCUT2D eigenvalue weighted by Crippen LogP contribution is -2.39. The van der Waals surface area contributed by atoms with E-state index < -0.39 is 11.8 Å². The Balaban J connectivity index is 2.41. The topological polar surface area (TPSA) is 79.8 Å². The van der Waals surface area contributed by atoms with E-state index in [9.17, 15) is 9.59 Å². The van der Waals surface area contributed by atoms with Crippen molar-refractivity contribution in [3.8, 4) is 5.75 Å². The largest absolute Gasteiger partial charge is 0.494 e. The average molecular weight is 305 g/mol. The van der Waals surface area contributed by atoms with E-state index in [1.54, 1.807) is 0 Å². The highest BCUT2D eigenvalue weighted by atomic mass is 16.5. The van der Waals surface area contributed by atoms with E-state index in [0.29, 0.717) is 13.2 Å². The van der Waals surface area contributed by atoms with Gasteiger partial charge in [-0.1, -0.05) is 20.8 Å². The summed E-state index contributed by atoms with van der Waals surface area (Å²) in [5.41, 5.74) is 2.99. The third-order valence-electron chi connectivity index (χ3n) is 2.61. The number of carbonyl (C=O) groups is 2. The van der Waals surface area contributed by atoms with Gasteiger partial charge in [-0.15, -0.1) is 0 Å². The lowest BCUT2D eigenvalue weighted by molar-refractivity contribution is -0.139. The van der Waals surface area contributed by atoms with Gasteiger partial charge in [-0.05, 0) is 42.2 Å². The number of hydrogen-bond donors (Lipinski definition) is 2. The first kappa shape index (κ1) is 17.7. The summed E-state index contributed by atoms with van der Waals surface area (Å²) in [4.78, 5) is 22.9. The van der Waals surface area contributed by atoms with Crippen LogP contribution in [0.2, 0.25) is 0 Å². The zero-order chi connectivity index (χ0) is 16.4. The zero-order valence-corrected chi connectivity index (χ0v) is 13.3. The van der Waals surface area contributed by atoms with Crippen LogP contribution in [0, 0.1) is 5.92 Å². The minimum Gasteiger partial charge on any atom is -0.494 e. The number of carbonyl (C=O) groups excluding carboxylic acids is 2. The lowest BCUT2D eigenvalue weighted by atomic mass is 10.2. The van der Waals surface area contributed by atoms with Gasteiger partial charge in [0.2, 0.25) is 0 Å². The summed E-state index contributed by atoms with van der Waals surface area (Å²) in [6.45, 7) is 7.07. The van der Waals surface area contributed by atoms with Crippen molar-refractivity contribution in [2.24, 2.45) is 11.0 Å². The molecule has 0 unspecified atom stereocenters. The molecular weight excluding hydrogens is 282 g/mol. The van der Waals surface area contributed by atoms with E-state index in [1.165, 1.54) is 6.21 Å². The third-order valence-corrected chi connectivity index (χ3v) is 2.61. The zero-order valence-electron chi connectivity index (χ0n) is 13.3. The maximum Gasteiger partial charge on any atom is 0.329 e. The molecule has 22 heavy (non-hydrogen) atoms. The molecule has 0 saturated heterocycles. The van der Waals surface area contributed by atoms with Crippen LogP contribution in [-0.2, 0) is 9.59 Å². The van der Waals surface area contributed by atoms with E-state index in [4.69, 9.17) is 4.74 Å². The summed E-state index contributed by atoms with van der Waals surface area (Å²) in [6, 6.07) is 7.29. The predicted molar refractivity (Wildman–Crippen MR) is 85.8 cm³/mol. The summed E-state index contributed by atoms with van der Waals surface area (Å²) in [5.74, 6) is -0.390. The van der Waals surface area contributed by atoms with Crippen LogP contribution in [0.1, 0.15) is 32.8 Å². The first-order chi connectivity index (χ1) is 10.5. The summed E-state index contributed by atoms with van der Waals surface area (Å²) < 4.78 is 5.46. The van der Waals surface area contributed by atoms with Gasteiger partial charge in [-0.25, -0.2) is 5.43 Å². The Kier molecular flexibility index (Phi) is 7.67.